The summed E-state index contributed by atoms with van der Waals surface area (Å²) in [6.45, 7) is 0.247. The average molecular weight is 293 g/mol. The first kappa shape index (κ1) is 13.0. The summed E-state index contributed by atoms with van der Waals surface area (Å²) in [7, 11) is 0. The van der Waals surface area contributed by atoms with Crippen LogP contribution in [0.3, 0.4) is 0 Å². The monoisotopic (exact) mass is 293 g/mol. The molecule has 0 fully saturated rings. The Balaban J connectivity index is 1.83. The van der Waals surface area contributed by atoms with E-state index in [-0.39, 0.29) is 18.4 Å². The second kappa shape index (κ2) is 4.66. The Morgan fingerprint density at radius 3 is 2.64 bits per heavy atom. The zero-order valence-corrected chi connectivity index (χ0v) is 12.0. The van der Waals surface area contributed by atoms with Gasteiger partial charge in [0.25, 0.3) is 6.02 Å². The Morgan fingerprint density at radius 2 is 1.91 bits per heavy atom. The lowest BCUT2D eigenvalue weighted by atomic mass is 9.75. The Morgan fingerprint density at radius 1 is 1.14 bits per heavy atom. The SMILES string of the molecule is NC1=NC2(CCc3c(cccc3-c3ccncc3)C2=O)CO1. The normalized spacial score (nSPS) is 23.1. The number of benzene rings is 1. The molecule has 2 heterocycles. The predicted molar refractivity (Wildman–Crippen MR) is 82.6 cm³/mol. The number of fused-ring (bicyclic) bond motifs is 1. The number of amidine groups is 1. The number of aliphatic imine (C=N–C) groups is 1. The van der Waals surface area contributed by atoms with Crippen molar-refractivity contribution in [2.75, 3.05) is 6.61 Å². The molecular weight excluding hydrogens is 278 g/mol. The molecule has 2 aromatic rings. The Hall–Kier alpha value is -2.69. The first-order valence-electron chi connectivity index (χ1n) is 7.25. The fourth-order valence-electron chi connectivity index (χ4n) is 3.28. The molecule has 5 nitrogen and oxygen atoms in total. The summed E-state index contributed by atoms with van der Waals surface area (Å²) in [4.78, 5) is 21.2. The molecule has 1 aromatic carbocycles. The third-order valence-corrected chi connectivity index (χ3v) is 4.41. The van der Waals surface area contributed by atoms with E-state index in [0.717, 1.165) is 28.7 Å². The van der Waals surface area contributed by atoms with Gasteiger partial charge >= 0.3 is 0 Å². The minimum absolute atomic E-state index is 0.00473. The van der Waals surface area contributed by atoms with Gasteiger partial charge in [0.1, 0.15) is 6.61 Å². The van der Waals surface area contributed by atoms with E-state index >= 15 is 0 Å². The number of hydrogen-bond acceptors (Lipinski definition) is 5. The Kier molecular flexibility index (Phi) is 2.76. The molecule has 1 aromatic heterocycles. The maximum absolute atomic E-state index is 12.9. The van der Waals surface area contributed by atoms with E-state index in [2.05, 4.69) is 9.98 Å². The summed E-state index contributed by atoms with van der Waals surface area (Å²) in [5, 5.41) is 0. The summed E-state index contributed by atoms with van der Waals surface area (Å²) in [6.07, 6.45) is 4.93. The molecule has 0 amide bonds. The molecule has 22 heavy (non-hydrogen) atoms. The molecule has 0 saturated heterocycles. The number of carbonyl (C=O) groups excluding carboxylic acids is 1. The van der Waals surface area contributed by atoms with Gasteiger partial charge in [0.05, 0.1) is 0 Å². The minimum Gasteiger partial charge on any atom is -0.462 e. The number of aromatic nitrogens is 1. The van der Waals surface area contributed by atoms with Crippen LogP contribution in [0, 0.1) is 0 Å². The molecule has 110 valence electrons. The molecule has 0 saturated carbocycles. The molecule has 0 bridgehead atoms. The van der Waals surface area contributed by atoms with Crippen LogP contribution in [0.25, 0.3) is 11.1 Å². The number of ether oxygens (including phenoxy) is 1. The molecular formula is C17H15N3O2. The van der Waals surface area contributed by atoms with E-state index in [4.69, 9.17) is 10.5 Å². The molecule has 1 aliphatic carbocycles. The summed E-state index contributed by atoms with van der Waals surface area (Å²) < 4.78 is 5.25. The fraction of sp³-hybridized carbons (Fsp3) is 0.235. The number of carbonyl (C=O) groups is 1. The van der Waals surface area contributed by atoms with Crippen molar-refractivity contribution in [3.05, 3.63) is 53.9 Å². The van der Waals surface area contributed by atoms with Gasteiger partial charge in [-0.2, -0.15) is 0 Å². The van der Waals surface area contributed by atoms with Crippen LogP contribution in [0.15, 0.2) is 47.7 Å². The van der Waals surface area contributed by atoms with E-state index < -0.39 is 5.54 Å². The number of nitrogens with zero attached hydrogens (tertiary/aromatic N) is 2. The largest absolute Gasteiger partial charge is 0.462 e. The van der Waals surface area contributed by atoms with E-state index in [1.807, 2.05) is 30.3 Å². The lowest BCUT2D eigenvalue weighted by molar-refractivity contribution is 0.0835. The van der Waals surface area contributed by atoms with Crippen molar-refractivity contribution in [1.82, 2.24) is 4.98 Å². The maximum Gasteiger partial charge on any atom is 0.283 e. The van der Waals surface area contributed by atoms with Gasteiger partial charge in [0.2, 0.25) is 0 Å². The highest BCUT2D eigenvalue weighted by atomic mass is 16.5. The molecule has 1 atom stereocenters. The van der Waals surface area contributed by atoms with Gasteiger partial charge in [-0.25, -0.2) is 4.99 Å². The van der Waals surface area contributed by atoms with Gasteiger partial charge in [-0.1, -0.05) is 18.2 Å². The van der Waals surface area contributed by atoms with Crippen LogP contribution in [0.1, 0.15) is 22.3 Å². The molecule has 1 spiro atoms. The van der Waals surface area contributed by atoms with Gasteiger partial charge < -0.3 is 10.5 Å². The first-order chi connectivity index (χ1) is 10.7. The molecule has 1 aliphatic heterocycles. The lowest BCUT2D eigenvalue weighted by Crippen LogP contribution is -2.42. The second-order valence-electron chi connectivity index (χ2n) is 5.67. The number of nitrogens with two attached hydrogens (primary N) is 1. The van der Waals surface area contributed by atoms with E-state index in [1.165, 1.54) is 0 Å². The summed E-state index contributed by atoms with van der Waals surface area (Å²) in [6, 6.07) is 9.85. The molecule has 2 aliphatic rings. The van der Waals surface area contributed by atoms with Crippen molar-refractivity contribution in [2.45, 2.75) is 18.4 Å². The standard InChI is InChI=1S/C17H15N3O2/c18-16-20-17(10-22-16)7-4-13-12(11-5-8-19-9-6-11)2-1-3-14(13)15(17)21/h1-3,5-6,8-9H,4,7,10H2,(H2,18,20). The van der Waals surface area contributed by atoms with Gasteiger partial charge in [0.15, 0.2) is 11.3 Å². The molecule has 5 heteroatoms. The molecule has 0 radical (unpaired) electrons. The zero-order valence-electron chi connectivity index (χ0n) is 12.0. The minimum atomic E-state index is -0.825. The predicted octanol–water partition coefficient (Wildman–Crippen LogP) is 1.96. The summed E-state index contributed by atoms with van der Waals surface area (Å²) in [5.74, 6) is 0.00473. The molecule has 2 N–H and O–H groups in total. The highest BCUT2D eigenvalue weighted by Crippen LogP contribution is 2.38. The van der Waals surface area contributed by atoms with E-state index in [1.54, 1.807) is 12.4 Å². The number of ketones is 1. The van der Waals surface area contributed by atoms with Crippen LogP contribution in [-0.2, 0) is 11.2 Å². The zero-order chi connectivity index (χ0) is 15.2. The van der Waals surface area contributed by atoms with Crippen LogP contribution in [0.4, 0.5) is 0 Å². The van der Waals surface area contributed by atoms with Crippen molar-refractivity contribution < 1.29 is 9.53 Å². The first-order valence-corrected chi connectivity index (χ1v) is 7.25. The van der Waals surface area contributed by atoms with E-state index in [0.29, 0.717) is 6.42 Å². The summed E-state index contributed by atoms with van der Waals surface area (Å²) >= 11 is 0. The average Bonchev–Trinajstić information content (AvgIpc) is 2.94. The smallest absolute Gasteiger partial charge is 0.283 e. The molecule has 4 rings (SSSR count). The van der Waals surface area contributed by atoms with Crippen LogP contribution >= 0.6 is 0 Å². The third kappa shape index (κ3) is 1.82. The van der Waals surface area contributed by atoms with Gasteiger partial charge in [-0.05, 0) is 41.7 Å². The van der Waals surface area contributed by atoms with Gasteiger partial charge in [-0.15, -0.1) is 0 Å². The van der Waals surface area contributed by atoms with Gasteiger partial charge in [0, 0.05) is 18.0 Å². The number of pyridine rings is 1. The van der Waals surface area contributed by atoms with Crippen molar-refractivity contribution in [3.8, 4) is 11.1 Å². The Labute approximate surface area is 127 Å². The lowest BCUT2D eigenvalue weighted by Gasteiger charge is -2.30. The fourth-order valence-corrected chi connectivity index (χ4v) is 3.28. The van der Waals surface area contributed by atoms with Crippen molar-refractivity contribution in [3.63, 3.8) is 0 Å². The highest BCUT2D eigenvalue weighted by Gasteiger charge is 2.47. The molecule has 1 unspecified atom stereocenters. The Bertz CT molecular complexity index is 786. The maximum atomic E-state index is 12.9. The van der Waals surface area contributed by atoms with Gasteiger partial charge in [-0.3, -0.25) is 9.78 Å². The number of hydrogen-bond donors (Lipinski definition) is 1. The van der Waals surface area contributed by atoms with Crippen LogP contribution < -0.4 is 5.73 Å². The van der Waals surface area contributed by atoms with Crippen LogP contribution in [0.2, 0.25) is 0 Å². The summed E-state index contributed by atoms with van der Waals surface area (Å²) in [5.41, 5.74) is 8.74. The van der Waals surface area contributed by atoms with Crippen molar-refractivity contribution in [1.29, 1.82) is 0 Å². The highest BCUT2D eigenvalue weighted by molar-refractivity contribution is 6.08. The van der Waals surface area contributed by atoms with E-state index in [9.17, 15) is 4.79 Å². The van der Waals surface area contributed by atoms with Crippen LogP contribution in [-0.4, -0.2) is 28.9 Å². The second-order valence-corrected chi connectivity index (χ2v) is 5.67. The van der Waals surface area contributed by atoms with Crippen LogP contribution in [0.5, 0.6) is 0 Å². The van der Waals surface area contributed by atoms with Crippen molar-refractivity contribution >= 4 is 11.8 Å². The third-order valence-electron chi connectivity index (χ3n) is 4.41. The topological polar surface area (TPSA) is 77.6 Å². The number of Topliss-reactive ketones (excluding diaryl/α,β-unsaturated/α-hetero) is 1. The quantitative estimate of drug-likeness (QED) is 0.872. The van der Waals surface area contributed by atoms with Crippen molar-refractivity contribution in [2.24, 2.45) is 10.7 Å². The number of rotatable bonds is 1.